The number of amides is 1. The highest BCUT2D eigenvalue weighted by Crippen LogP contribution is 2.27. The first-order valence-corrected chi connectivity index (χ1v) is 8.51. The van der Waals surface area contributed by atoms with E-state index in [-0.39, 0.29) is 12.5 Å². The summed E-state index contributed by atoms with van der Waals surface area (Å²) in [6.07, 6.45) is 2.42. The Balaban J connectivity index is 1.83. The lowest BCUT2D eigenvalue weighted by Gasteiger charge is -2.10. The van der Waals surface area contributed by atoms with Gasteiger partial charge in [-0.3, -0.25) is 4.79 Å². The fraction of sp³-hybridized carbons (Fsp3) is 0.263. The van der Waals surface area contributed by atoms with Gasteiger partial charge in [-0.15, -0.1) is 0 Å². The first-order chi connectivity index (χ1) is 12.6. The van der Waals surface area contributed by atoms with Crippen LogP contribution < -0.4 is 14.8 Å². The Morgan fingerprint density at radius 1 is 1.19 bits per heavy atom. The number of nitrogens with one attached hydrogen (secondary N) is 1. The molecule has 0 aliphatic rings. The minimum absolute atomic E-state index is 0.200. The summed E-state index contributed by atoms with van der Waals surface area (Å²) in [7, 11) is 1.58. The van der Waals surface area contributed by atoms with Crippen molar-refractivity contribution < 1.29 is 19.1 Å². The van der Waals surface area contributed by atoms with Gasteiger partial charge in [0.15, 0.2) is 18.1 Å². The average Bonchev–Trinajstić information content (AvgIpc) is 2.65. The van der Waals surface area contributed by atoms with Crippen LogP contribution in [0, 0.1) is 0 Å². The Morgan fingerprint density at radius 3 is 2.65 bits per heavy atom. The average molecular weight is 377 g/mol. The minimum Gasteiger partial charge on any atom is -0.493 e. The predicted molar refractivity (Wildman–Crippen MR) is 102 cm³/mol. The molecular weight excluding hydrogens is 356 g/mol. The molecule has 0 aliphatic heterocycles. The summed E-state index contributed by atoms with van der Waals surface area (Å²) < 4.78 is 10.9. The van der Waals surface area contributed by atoms with Gasteiger partial charge in [0, 0.05) is 16.3 Å². The van der Waals surface area contributed by atoms with Crippen molar-refractivity contribution in [2.45, 2.75) is 13.3 Å². The molecule has 138 valence electrons. The third-order valence-electron chi connectivity index (χ3n) is 3.25. The van der Waals surface area contributed by atoms with Gasteiger partial charge in [0.1, 0.15) is 0 Å². The molecule has 2 aromatic carbocycles. The highest BCUT2D eigenvalue weighted by molar-refractivity contribution is 6.30. The number of hydrogen-bond donors (Lipinski definition) is 1. The zero-order valence-corrected chi connectivity index (χ0v) is 15.5. The van der Waals surface area contributed by atoms with E-state index in [1.807, 2.05) is 19.1 Å². The second-order valence-corrected chi connectivity index (χ2v) is 5.76. The first-order valence-electron chi connectivity index (χ1n) is 8.14. The summed E-state index contributed by atoms with van der Waals surface area (Å²) in [4.78, 5) is 16.8. The summed E-state index contributed by atoms with van der Waals surface area (Å²) in [5.41, 5.74) is 1.41. The van der Waals surface area contributed by atoms with E-state index in [0.29, 0.717) is 28.8 Å². The van der Waals surface area contributed by atoms with Crippen LogP contribution in [0.4, 0.5) is 5.69 Å². The maximum Gasteiger partial charge on any atom is 0.265 e. The molecule has 0 saturated heterocycles. The zero-order valence-electron chi connectivity index (χ0n) is 14.7. The second kappa shape index (κ2) is 10.3. The predicted octanol–water partition coefficient (Wildman–Crippen LogP) is 4.13. The van der Waals surface area contributed by atoms with Crippen molar-refractivity contribution in [3.63, 3.8) is 0 Å². The lowest BCUT2D eigenvalue weighted by molar-refractivity contribution is -0.120. The Morgan fingerprint density at radius 2 is 1.96 bits per heavy atom. The molecule has 1 N–H and O–H groups in total. The third-order valence-corrected chi connectivity index (χ3v) is 3.50. The van der Waals surface area contributed by atoms with Gasteiger partial charge in [0.25, 0.3) is 5.91 Å². The number of oxime groups is 1. The highest BCUT2D eigenvalue weighted by Gasteiger charge is 2.05. The molecule has 0 heterocycles. The van der Waals surface area contributed by atoms with E-state index in [4.69, 9.17) is 25.9 Å². The molecule has 2 aromatic rings. The topological polar surface area (TPSA) is 69.2 Å². The number of methoxy groups -OCH3 is 1. The van der Waals surface area contributed by atoms with Crippen molar-refractivity contribution in [2.75, 3.05) is 25.6 Å². The van der Waals surface area contributed by atoms with Gasteiger partial charge in [0.2, 0.25) is 0 Å². The highest BCUT2D eigenvalue weighted by atomic mass is 35.5. The van der Waals surface area contributed by atoms with E-state index in [1.54, 1.807) is 37.4 Å². The number of anilines is 1. The van der Waals surface area contributed by atoms with Crippen LogP contribution in [0.25, 0.3) is 0 Å². The molecule has 2 rings (SSSR count). The van der Waals surface area contributed by atoms with Crippen molar-refractivity contribution in [2.24, 2.45) is 5.16 Å². The van der Waals surface area contributed by atoms with Crippen LogP contribution in [0.2, 0.25) is 5.02 Å². The molecule has 0 bridgehead atoms. The Kier molecular flexibility index (Phi) is 7.76. The van der Waals surface area contributed by atoms with Crippen LogP contribution in [0.1, 0.15) is 18.9 Å². The molecule has 0 unspecified atom stereocenters. The first kappa shape index (κ1) is 19.6. The molecule has 7 heteroatoms. The van der Waals surface area contributed by atoms with Gasteiger partial charge in [-0.05, 0) is 48.9 Å². The maximum atomic E-state index is 11.8. The van der Waals surface area contributed by atoms with Gasteiger partial charge in [-0.1, -0.05) is 23.7 Å². The van der Waals surface area contributed by atoms with E-state index in [0.717, 1.165) is 12.0 Å². The number of carbonyl (C=O) groups excluding carboxylic acids is 1. The number of halogens is 1. The van der Waals surface area contributed by atoms with E-state index in [2.05, 4.69) is 10.5 Å². The molecule has 0 atom stereocenters. The quantitative estimate of drug-likeness (QED) is 0.527. The molecule has 0 saturated carbocycles. The van der Waals surface area contributed by atoms with Gasteiger partial charge >= 0.3 is 0 Å². The van der Waals surface area contributed by atoms with Gasteiger partial charge < -0.3 is 19.6 Å². The van der Waals surface area contributed by atoms with Gasteiger partial charge in [-0.2, -0.15) is 0 Å². The number of nitrogens with zero attached hydrogens (tertiary/aromatic N) is 1. The van der Waals surface area contributed by atoms with Crippen molar-refractivity contribution in [3.8, 4) is 11.5 Å². The van der Waals surface area contributed by atoms with Crippen LogP contribution in [0.5, 0.6) is 11.5 Å². The number of rotatable bonds is 9. The van der Waals surface area contributed by atoms with Crippen molar-refractivity contribution >= 4 is 29.4 Å². The molecule has 26 heavy (non-hydrogen) atoms. The molecule has 0 aliphatic carbocycles. The van der Waals surface area contributed by atoms with Crippen LogP contribution >= 0.6 is 11.6 Å². The van der Waals surface area contributed by atoms with Crippen LogP contribution in [-0.2, 0) is 9.63 Å². The fourth-order valence-electron chi connectivity index (χ4n) is 2.02. The van der Waals surface area contributed by atoms with Crippen LogP contribution in [-0.4, -0.2) is 32.4 Å². The number of ether oxygens (including phenoxy) is 2. The second-order valence-electron chi connectivity index (χ2n) is 5.32. The summed E-state index contributed by atoms with van der Waals surface area (Å²) in [5, 5.41) is 7.08. The standard InChI is InChI=1S/C19H21ClN2O4/c1-3-10-25-17-9-4-14(11-18(17)24-2)12-21-26-13-19(23)22-16-7-5-15(20)6-8-16/h4-9,11-12H,3,10,13H2,1-2H3,(H,22,23)/b21-12+. The Labute approximate surface area is 157 Å². The zero-order chi connectivity index (χ0) is 18.8. The minimum atomic E-state index is -0.314. The summed E-state index contributed by atoms with van der Waals surface area (Å²) in [6, 6.07) is 12.2. The number of benzene rings is 2. The Hall–Kier alpha value is -2.73. The van der Waals surface area contributed by atoms with Crippen molar-refractivity contribution in [1.82, 2.24) is 0 Å². The van der Waals surface area contributed by atoms with E-state index in [9.17, 15) is 4.79 Å². The smallest absolute Gasteiger partial charge is 0.265 e. The molecule has 1 amide bonds. The van der Waals surface area contributed by atoms with E-state index in [1.165, 1.54) is 6.21 Å². The van der Waals surface area contributed by atoms with Gasteiger partial charge in [-0.25, -0.2) is 0 Å². The molecule has 0 spiro atoms. The summed E-state index contributed by atoms with van der Waals surface area (Å²) >= 11 is 5.79. The SMILES string of the molecule is CCCOc1ccc(/C=N/OCC(=O)Nc2ccc(Cl)cc2)cc1OC. The normalized spacial score (nSPS) is 10.6. The lowest BCUT2D eigenvalue weighted by atomic mass is 10.2. The molecule has 0 fully saturated rings. The molecular formula is C19H21ClN2O4. The summed E-state index contributed by atoms with van der Waals surface area (Å²) in [6.45, 7) is 2.46. The molecule has 0 aromatic heterocycles. The molecule has 0 radical (unpaired) electrons. The van der Waals surface area contributed by atoms with E-state index < -0.39 is 0 Å². The van der Waals surface area contributed by atoms with Crippen molar-refractivity contribution in [3.05, 3.63) is 53.1 Å². The summed E-state index contributed by atoms with van der Waals surface area (Å²) in [5.74, 6) is 0.975. The fourth-order valence-corrected chi connectivity index (χ4v) is 2.15. The van der Waals surface area contributed by atoms with Crippen LogP contribution in [0.3, 0.4) is 0 Å². The van der Waals surface area contributed by atoms with E-state index >= 15 is 0 Å². The maximum absolute atomic E-state index is 11.8. The largest absolute Gasteiger partial charge is 0.493 e. The van der Waals surface area contributed by atoms with Gasteiger partial charge in [0.05, 0.1) is 19.9 Å². The molecule has 6 nitrogen and oxygen atoms in total. The van der Waals surface area contributed by atoms with Crippen LogP contribution in [0.15, 0.2) is 47.6 Å². The van der Waals surface area contributed by atoms with Crippen molar-refractivity contribution in [1.29, 1.82) is 0 Å². The number of hydrogen-bond acceptors (Lipinski definition) is 5. The third kappa shape index (κ3) is 6.29. The number of carbonyl (C=O) groups is 1. The lowest BCUT2D eigenvalue weighted by Crippen LogP contribution is -2.16. The Bertz CT molecular complexity index is 748. The monoisotopic (exact) mass is 376 g/mol.